The van der Waals surface area contributed by atoms with Gasteiger partial charge in [-0.05, 0) is 45.1 Å². The summed E-state index contributed by atoms with van der Waals surface area (Å²) in [5, 5.41) is 8.94. The van der Waals surface area contributed by atoms with Crippen molar-refractivity contribution in [2.45, 2.75) is 51.6 Å². The minimum atomic E-state index is 0.261. The minimum absolute atomic E-state index is 0.261. The monoisotopic (exact) mass is 192 g/mol. The molecule has 0 spiro atoms. The van der Waals surface area contributed by atoms with Crippen LogP contribution in [0.25, 0.3) is 0 Å². The van der Waals surface area contributed by atoms with Crippen LogP contribution in [0.2, 0.25) is 0 Å². The number of fused-ring (bicyclic) bond motifs is 2. The van der Waals surface area contributed by atoms with E-state index in [-0.39, 0.29) is 5.92 Å². The Morgan fingerprint density at radius 3 is 2.36 bits per heavy atom. The normalized spacial score (nSPS) is 39.4. The summed E-state index contributed by atoms with van der Waals surface area (Å²) in [6.45, 7) is 5.55. The Kier molecular flexibility index (Phi) is 2.78. The first-order valence-corrected chi connectivity index (χ1v) is 5.91. The predicted octanol–water partition coefficient (Wildman–Crippen LogP) is 2.41. The van der Waals surface area contributed by atoms with Crippen molar-refractivity contribution in [3.8, 4) is 6.07 Å². The molecule has 3 atom stereocenters. The van der Waals surface area contributed by atoms with E-state index >= 15 is 0 Å². The summed E-state index contributed by atoms with van der Waals surface area (Å²) in [5.74, 6) is 0.928. The van der Waals surface area contributed by atoms with Crippen LogP contribution in [-0.2, 0) is 0 Å². The highest BCUT2D eigenvalue weighted by Gasteiger charge is 2.40. The molecule has 2 fully saturated rings. The second-order valence-corrected chi connectivity index (χ2v) is 4.86. The van der Waals surface area contributed by atoms with Gasteiger partial charge in [0.1, 0.15) is 0 Å². The standard InChI is InChI=1S/C12H20N2/c1-3-14-11-4-5-12(14)7-10(6-11)9(2)8-13/h9-12H,3-7H2,1-2H3. The number of rotatable bonds is 2. The van der Waals surface area contributed by atoms with Gasteiger partial charge in [-0.15, -0.1) is 0 Å². The third-order valence-corrected chi connectivity index (χ3v) is 4.20. The van der Waals surface area contributed by atoms with Crippen LogP contribution in [0.3, 0.4) is 0 Å². The Morgan fingerprint density at radius 2 is 1.93 bits per heavy atom. The van der Waals surface area contributed by atoms with Crippen molar-refractivity contribution in [2.75, 3.05) is 6.54 Å². The van der Waals surface area contributed by atoms with Crippen molar-refractivity contribution >= 4 is 0 Å². The summed E-state index contributed by atoms with van der Waals surface area (Å²) >= 11 is 0. The average Bonchev–Trinajstić information content (AvgIpc) is 2.46. The largest absolute Gasteiger partial charge is 0.298 e. The van der Waals surface area contributed by atoms with Gasteiger partial charge in [0.15, 0.2) is 0 Å². The van der Waals surface area contributed by atoms with Crippen molar-refractivity contribution in [1.82, 2.24) is 4.90 Å². The summed E-state index contributed by atoms with van der Waals surface area (Å²) in [6, 6.07) is 4.00. The van der Waals surface area contributed by atoms with E-state index in [0.717, 1.165) is 12.1 Å². The highest BCUT2D eigenvalue weighted by atomic mass is 15.2. The summed E-state index contributed by atoms with van der Waals surface area (Å²) in [4.78, 5) is 2.65. The molecule has 14 heavy (non-hydrogen) atoms. The molecule has 0 aromatic carbocycles. The number of piperidine rings is 1. The smallest absolute Gasteiger partial charge is 0.0655 e. The molecule has 78 valence electrons. The average molecular weight is 192 g/mol. The van der Waals surface area contributed by atoms with E-state index in [9.17, 15) is 0 Å². The van der Waals surface area contributed by atoms with Crippen molar-refractivity contribution in [3.63, 3.8) is 0 Å². The van der Waals surface area contributed by atoms with E-state index in [2.05, 4.69) is 24.8 Å². The highest BCUT2D eigenvalue weighted by Crippen LogP contribution is 2.40. The molecular formula is C12H20N2. The second-order valence-electron chi connectivity index (χ2n) is 4.86. The topological polar surface area (TPSA) is 27.0 Å². The molecule has 0 radical (unpaired) electrons. The molecule has 0 N–H and O–H groups in total. The fourth-order valence-electron chi connectivity index (χ4n) is 3.35. The Bertz CT molecular complexity index is 229. The quantitative estimate of drug-likeness (QED) is 0.672. The number of nitrogens with zero attached hydrogens (tertiary/aromatic N) is 2. The molecular weight excluding hydrogens is 172 g/mol. The molecule has 2 heteroatoms. The number of hydrogen-bond acceptors (Lipinski definition) is 2. The van der Waals surface area contributed by atoms with Gasteiger partial charge in [-0.25, -0.2) is 0 Å². The maximum atomic E-state index is 8.94. The molecule has 0 saturated carbocycles. The van der Waals surface area contributed by atoms with Crippen molar-refractivity contribution in [1.29, 1.82) is 5.26 Å². The lowest BCUT2D eigenvalue weighted by Crippen LogP contribution is -2.43. The van der Waals surface area contributed by atoms with E-state index in [1.165, 1.54) is 32.2 Å². The lowest BCUT2D eigenvalue weighted by atomic mass is 9.82. The maximum absolute atomic E-state index is 8.94. The Morgan fingerprint density at radius 1 is 1.36 bits per heavy atom. The Labute approximate surface area is 86.9 Å². The zero-order valence-electron chi connectivity index (χ0n) is 9.24. The molecule has 3 unspecified atom stereocenters. The SMILES string of the molecule is CCN1C2CCC1CC(C(C)C#N)C2. The van der Waals surface area contributed by atoms with Gasteiger partial charge in [-0.1, -0.05) is 6.92 Å². The van der Waals surface area contributed by atoms with E-state index in [0.29, 0.717) is 5.92 Å². The highest BCUT2D eigenvalue weighted by molar-refractivity contribution is 4.98. The second kappa shape index (κ2) is 3.90. The molecule has 2 aliphatic rings. The van der Waals surface area contributed by atoms with E-state index in [1.54, 1.807) is 0 Å². The molecule has 2 nitrogen and oxygen atoms in total. The summed E-state index contributed by atoms with van der Waals surface area (Å²) in [6.07, 6.45) is 5.26. The molecule has 2 heterocycles. The van der Waals surface area contributed by atoms with E-state index in [1.807, 2.05) is 0 Å². The van der Waals surface area contributed by atoms with Crippen molar-refractivity contribution in [3.05, 3.63) is 0 Å². The van der Waals surface area contributed by atoms with Crippen molar-refractivity contribution in [2.24, 2.45) is 11.8 Å². The molecule has 0 amide bonds. The van der Waals surface area contributed by atoms with Crippen LogP contribution < -0.4 is 0 Å². The first-order valence-electron chi connectivity index (χ1n) is 5.91. The fourth-order valence-corrected chi connectivity index (χ4v) is 3.35. The molecule has 0 aliphatic carbocycles. The molecule has 2 bridgehead atoms. The van der Waals surface area contributed by atoms with Gasteiger partial charge in [0.25, 0.3) is 0 Å². The molecule has 2 rings (SSSR count). The number of hydrogen-bond donors (Lipinski definition) is 0. The molecule has 0 aromatic rings. The van der Waals surface area contributed by atoms with E-state index in [4.69, 9.17) is 5.26 Å². The van der Waals surface area contributed by atoms with E-state index < -0.39 is 0 Å². The lowest BCUT2D eigenvalue weighted by molar-refractivity contribution is 0.0971. The van der Waals surface area contributed by atoms with Crippen LogP contribution in [0, 0.1) is 23.2 Å². The third-order valence-electron chi connectivity index (χ3n) is 4.20. The third kappa shape index (κ3) is 1.54. The van der Waals surface area contributed by atoms with Gasteiger partial charge in [-0.2, -0.15) is 5.26 Å². The molecule has 2 aliphatic heterocycles. The zero-order valence-corrected chi connectivity index (χ0v) is 9.24. The first-order chi connectivity index (χ1) is 6.76. The Hall–Kier alpha value is -0.550. The van der Waals surface area contributed by atoms with Crippen LogP contribution in [0.15, 0.2) is 0 Å². The predicted molar refractivity (Wildman–Crippen MR) is 56.7 cm³/mol. The maximum Gasteiger partial charge on any atom is 0.0655 e. The van der Waals surface area contributed by atoms with Crippen LogP contribution in [0.1, 0.15) is 39.5 Å². The fraction of sp³-hybridized carbons (Fsp3) is 0.917. The van der Waals surface area contributed by atoms with Gasteiger partial charge in [0, 0.05) is 18.0 Å². The van der Waals surface area contributed by atoms with Crippen molar-refractivity contribution < 1.29 is 0 Å². The van der Waals surface area contributed by atoms with Crippen LogP contribution >= 0.6 is 0 Å². The van der Waals surface area contributed by atoms with Gasteiger partial charge in [-0.3, -0.25) is 4.90 Å². The summed E-state index contributed by atoms with van der Waals surface area (Å²) in [7, 11) is 0. The molecule has 2 saturated heterocycles. The van der Waals surface area contributed by atoms with Crippen LogP contribution in [-0.4, -0.2) is 23.5 Å². The van der Waals surface area contributed by atoms with Gasteiger partial charge < -0.3 is 0 Å². The van der Waals surface area contributed by atoms with Gasteiger partial charge in [0.05, 0.1) is 6.07 Å². The minimum Gasteiger partial charge on any atom is -0.298 e. The summed E-state index contributed by atoms with van der Waals surface area (Å²) in [5.41, 5.74) is 0. The first kappa shape index (κ1) is 9.98. The lowest BCUT2D eigenvalue weighted by Gasteiger charge is -2.39. The van der Waals surface area contributed by atoms with Gasteiger partial charge in [0.2, 0.25) is 0 Å². The van der Waals surface area contributed by atoms with Crippen LogP contribution in [0.5, 0.6) is 0 Å². The molecule has 0 aromatic heterocycles. The zero-order chi connectivity index (χ0) is 10.1. The van der Waals surface area contributed by atoms with Gasteiger partial charge >= 0.3 is 0 Å². The summed E-state index contributed by atoms with van der Waals surface area (Å²) < 4.78 is 0. The Balaban J connectivity index is 2.03. The number of nitriles is 1. The van der Waals surface area contributed by atoms with Crippen LogP contribution in [0.4, 0.5) is 0 Å².